The summed E-state index contributed by atoms with van der Waals surface area (Å²) in [5, 5.41) is 9.21. The van der Waals surface area contributed by atoms with Gasteiger partial charge in [0.25, 0.3) is 0 Å². The molecule has 0 spiro atoms. The van der Waals surface area contributed by atoms with Crippen molar-refractivity contribution in [1.82, 2.24) is 10.6 Å². The maximum atomic E-state index is 11.3. The fraction of sp³-hybridized carbons (Fsp3) is 0.400. The van der Waals surface area contributed by atoms with Gasteiger partial charge in [0.2, 0.25) is 12.3 Å². The second kappa shape index (κ2) is 6.19. The summed E-state index contributed by atoms with van der Waals surface area (Å²) in [7, 11) is 0. The fourth-order valence-electron chi connectivity index (χ4n) is 1.10. The summed E-state index contributed by atoms with van der Waals surface area (Å²) in [5.41, 5.74) is 1.22. The molecule has 1 atom stereocenters. The van der Waals surface area contributed by atoms with Crippen LogP contribution in [0.2, 0.25) is 0 Å². The van der Waals surface area contributed by atoms with E-state index in [1.807, 2.05) is 11.4 Å². The minimum absolute atomic E-state index is 0.155. The van der Waals surface area contributed by atoms with Crippen LogP contribution in [0.15, 0.2) is 16.8 Å². The first-order chi connectivity index (χ1) is 7.24. The van der Waals surface area contributed by atoms with Crippen LogP contribution in [0.4, 0.5) is 0 Å². The Balaban J connectivity index is 2.19. The molecule has 1 aromatic rings. The molecule has 0 aliphatic carbocycles. The van der Waals surface area contributed by atoms with Crippen LogP contribution < -0.4 is 10.6 Å². The van der Waals surface area contributed by atoms with E-state index < -0.39 is 6.04 Å². The Morgan fingerprint density at radius 1 is 1.67 bits per heavy atom. The molecule has 2 N–H and O–H groups in total. The highest BCUT2D eigenvalue weighted by molar-refractivity contribution is 7.07. The van der Waals surface area contributed by atoms with E-state index >= 15 is 0 Å². The molecule has 0 saturated heterocycles. The van der Waals surface area contributed by atoms with Crippen LogP contribution >= 0.6 is 11.3 Å². The Hall–Kier alpha value is -1.36. The summed E-state index contributed by atoms with van der Waals surface area (Å²) >= 11 is 1.64. The number of thiophene rings is 1. The van der Waals surface area contributed by atoms with Gasteiger partial charge in [-0.05, 0) is 35.7 Å². The lowest BCUT2D eigenvalue weighted by atomic mass is 10.2. The predicted molar refractivity (Wildman–Crippen MR) is 59.7 cm³/mol. The molecule has 0 aliphatic heterocycles. The number of hydrogen-bond donors (Lipinski definition) is 2. The minimum Gasteiger partial charge on any atom is -0.354 e. The summed E-state index contributed by atoms with van der Waals surface area (Å²) in [6, 6.07) is 1.56. The number of carbonyl (C=O) groups excluding carboxylic acids is 2. The summed E-state index contributed by atoms with van der Waals surface area (Å²) < 4.78 is 0. The Bertz CT molecular complexity index is 311. The summed E-state index contributed by atoms with van der Waals surface area (Å²) in [4.78, 5) is 21.4. The van der Waals surface area contributed by atoms with Crippen LogP contribution in [0.1, 0.15) is 12.5 Å². The summed E-state index contributed by atoms with van der Waals surface area (Å²) in [5.74, 6) is -0.155. The Kier molecular flexibility index (Phi) is 4.83. The van der Waals surface area contributed by atoms with Gasteiger partial charge in [-0.25, -0.2) is 0 Å². The van der Waals surface area contributed by atoms with E-state index in [0.29, 0.717) is 13.0 Å². The van der Waals surface area contributed by atoms with E-state index in [1.54, 1.807) is 18.3 Å². The van der Waals surface area contributed by atoms with Crippen molar-refractivity contribution in [2.75, 3.05) is 6.54 Å². The monoisotopic (exact) mass is 226 g/mol. The summed E-state index contributed by atoms with van der Waals surface area (Å²) in [6.07, 6.45) is 1.35. The maximum absolute atomic E-state index is 11.3. The quantitative estimate of drug-likeness (QED) is 0.696. The SMILES string of the molecule is C[C@H](NC=O)C(=O)NCCc1ccsc1. The second-order valence-corrected chi connectivity index (χ2v) is 3.96. The van der Waals surface area contributed by atoms with Crippen molar-refractivity contribution in [3.05, 3.63) is 22.4 Å². The fourth-order valence-corrected chi connectivity index (χ4v) is 1.80. The number of amides is 2. The van der Waals surface area contributed by atoms with Crippen LogP contribution in [0.5, 0.6) is 0 Å². The largest absolute Gasteiger partial charge is 0.354 e. The molecule has 0 saturated carbocycles. The average Bonchev–Trinajstić information content (AvgIpc) is 2.71. The lowest BCUT2D eigenvalue weighted by Crippen LogP contribution is -2.42. The molecule has 0 aliphatic rings. The van der Waals surface area contributed by atoms with Crippen molar-refractivity contribution < 1.29 is 9.59 Å². The molecule has 4 nitrogen and oxygen atoms in total. The van der Waals surface area contributed by atoms with E-state index in [-0.39, 0.29) is 5.91 Å². The van der Waals surface area contributed by atoms with Gasteiger partial charge >= 0.3 is 0 Å². The number of rotatable bonds is 6. The molecule has 1 rings (SSSR count). The first kappa shape index (κ1) is 11.7. The van der Waals surface area contributed by atoms with Crippen LogP contribution in [-0.4, -0.2) is 24.9 Å². The standard InChI is InChI=1S/C10H14N2O2S/c1-8(12-7-13)10(14)11-4-2-9-3-5-15-6-9/h3,5-8H,2,4H2,1H3,(H,11,14)(H,12,13)/t8-/m0/s1. The van der Waals surface area contributed by atoms with Gasteiger partial charge in [-0.3, -0.25) is 9.59 Å². The molecular weight excluding hydrogens is 212 g/mol. The van der Waals surface area contributed by atoms with E-state index in [9.17, 15) is 9.59 Å². The van der Waals surface area contributed by atoms with Crippen molar-refractivity contribution in [2.45, 2.75) is 19.4 Å². The second-order valence-electron chi connectivity index (χ2n) is 3.18. The zero-order valence-electron chi connectivity index (χ0n) is 8.53. The third-order valence-electron chi connectivity index (χ3n) is 2.00. The van der Waals surface area contributed by atoms with E-state index in [1.165, 1.54) is 5.56 Å². The highest BCUT2D eigenvalue weighted by Gasteiger charge is 2.09. The Morgan fingerprint density at radius 3 is 3.07 bits per heavy atom. The highest BCUT2D eigenvalue weighted by Crippen LogP contribution is 2.05. The smallest absolute Gasteiger partial charge is 0.242 e. The van der Waals surface area contributed by atoms with E-state index in [0.717, 1.165) is 6.42 Å². The van der Waals surface area contributed by atoms with Gasteiger partial charge in [0.15, 0.2) is 0 Å². The van der Waals surface area contributed by atoms with Gasteiger partial charge < -0.3 is 10.6 Å². The maximum Gasteiger partial charge on any atom is 0.242 e. The molecule has 1 aromatic heterocycles. The Morgan fingerprint density at radius 2 is 2.47 bits per heavy atom. The molecule has 82 valence electrons. The van der Waals surface area contributed by atoms with Gasteiger partial charge in [-0.15, -0.1) is 0 Å². The van der Waals surface area contributed by atoms with Gasteiger partial charge in [-0.1, -0.05) is 0 Å². The molecule has 0 bridgehead atoms. The first-order valence-corrected chi connectivity index (χ1v) is 5.67. The molecule has 15 heavy (non-hydrogen) atoms. The lowest BCUT2D eigenvalue weighted by molar-refractivity contribution is -0.124. The van der Waals surface area contributed by atoms with Crippen molar-refractivity contribution in [1.29, 1.82) is 0 Å². The van der Waals surface area contributed by atoms with Gasteiger partial charge in [0.05, 0.1) is 0 Å². The van der Waals surface area contributed by atoms with Crippen molar-refractivity contribution in [2.24, 2.45) is 0 Å². The molecule has 0 unspecified atom stereocenters. The zero-order chi connectivity index (χ0) is 11.1. The van der Waals surface area contributed by atoms with Crippen molar-refractivity contribution in [3.63, 3.8) is 0 Å². The van der Waals surface area contributed by atoms with Gasteiger partial charge in [-0.2, -0.15) is 11.3 Å². The molecule has 0 fully saturated rings. The number of nitrogens with one attached hydrogen (secondary N) is 2. The summed E-state index contributed by atoms with van der Waals surface area (Å²) in [6.45, 7) is 2.24. The molecule has 1 heterocycles. The molecule has 2 amide bonds. The molecule has 5 heteroatoms. The highest BCUT2D eigenvalue weighted by atomic mass is 32.1. The lowest BCUT2D eigenvalue weighted by Gasteiger charge is -2.10. The molecule has 0 aromatic carbocycles. The minimum atomic E-state index is -0.468. The van der Waals surface area contributed by atoms with E-state index in [2.05, 4.69) is 16.0 Å². The average molecular weight is 226 g/mol. The predicted octanol–water partition coefficient (Wildman–Crippen LogP) is 0.541. The zero-order valence-corrected chi connectivity index (χ0v) is 9.34. The molecular formula is C10H14N2O2S. The van der Waals surface area contributed by atoms with Crippen LogP contribution in [-0.2, 0) is 16.0 Å². The van der Waals surface area contributed by atoms with Crippen LogP contribution in [0, 0.1) is 0 Å². The topological polar surface area (TPSA) is 58.2 Å². The van der Waals surface area contributed by atoms with E-state index in [4.69, 9.17) is 0 Å². The molecule has 0 radical (unpaired) electrons. The normalized spacial score (nSPS) is 11.8. The van der Waals surface area contributed by atoms with Gasteiger partial charge in [0.1, 0.15) is 6.04 Å². The van der Waals surface area contributed by atoms with Crippen LogP contribution in [0.25, 0.3) is 0 Å². The van der Waals surface area contributed by atoms with Crippen molar-refractivity contribution >= 4 is 23.7 Å². The van der Waals surface area contributed by atoms with Crippen molar-refractivity contribution in [3.8, 4) is 0 Å². The third-order valence-corrected chi connectivity index (χ3v) is 2.74. The van der Waals surface area contributed by atoms with Gasteiger partial charge in [0, 0.05) is 6.54 Å². The van der Waals surface area contributed by atoms with Crippen LogP contribution in [0.3, 0.4) is 0 Å². The number of carbonyl (C=O) groups is 2. The number of hydrogen-bond acceptors (Lipinski definition) is 3. The first-order valence-electron chi connectivity index (χ1n) is 4.72. The Labute approximate surface area is 92.7 Å². The third kappa shape index (κ3) is 4.12.